The molecule has 8 heteroatoms. The number of hydrogen-bond donors (Lipinski definition) is 3. The lowest BCUT2D eigenvalue weighted by molar-refractivity contribution is -0.385. The van der Waals surface area contributed by atoms with Gasteiger partial charge in [0.25, 0.3) is 5.91 Å². The maximum atomic E-state index is 12.1. The number of aliphatic hydroxyl groups excluding tert-OH is 1. The first kappa shape index (κ1) is 17.6. The van der Waals surface area contributed by atoms with Gasteiger partial charge >= 0.3 is 5.69 Å². The average Bonchev–Trinajstić information content (AvgIpc) is 3.00. The smallest absolute Gasteiger partial charge is 0.322 e. The molecule has 1 atom stereocenters. The molecule has 0 aliphatic heterocycles. The first-order valence-electron chi connectivity index (χ1n) is 7.77. The number of benzene rings is 1. The predicted octanol–water partition coefficient (Wildman–Crippen LogP) is 2.12. The number of nitrogens with one attached hydrogen (secondary N) is 2. The van der Waals surface area contributed by atoms with Gasteiger partial charge in [0.2, 0.25) is 5.69 Å². The highest BCUT2D eigenvalue weighted by molar-refractivity contribution is 5.96. The van der Waals surface area contributed by atoms with Crippen LogP contribution in [0.4, 0.5) is 5.69 Å². The van der Waals surface area contributed by atoms with Crippen molar-refractivity contribution in [1.29, 1.82) is 0 Å². The van der Waals surface area contributed by atoms with Gasteiger partial charge in [0.15, 0.2) is 0 Å². The van der Waals surface area contributed by atoms with Gasteiger partial charge in [0.1, 0.15) is 5.69 Å². The summed E-state index contributed by atoms with van der Waals surface area (Å²) in [4.78, 5) is 22.7. The highest BCUT2D eigenvalue weighted by atomic mass is 16.6. The summed E-state index contributed by atoms with van der Waals surface area (Å²) in [7, 11) is 0. The van der Waals surface area contributed by atoms with Gasteiger partial charge in [0.05, 0.1) is 11.0 Å². The zero-order chi connectivity index (χ0) is 17.5. The summed E-state index contributed by atoms with van der Waals surface area (Å²) in [6.45, 7) is 2.07. The number of aliphatic hydroxyl groups is 1. The van der Waals surface area contributed by atoms with Crippen LogP contribution in [0.3, 0.4) is 0 Å². The van der Waals surface area contributed by atoms with E-state index in [9.17, 15) is 20.0 Å². The van der Waals surface area contributed by atoms with Crippen LogP contribution in [-0.2, 0) is 6.42 Å². The molecule has 3 N–H and O–H groups in total. The maximum Gasteiger partial charge on any atom is 0.322 e. The zero-order valence-corrected chi connectivity index (χ0v) is 13.4. The van der Waals surface area contributed by atoms with Crippen molar-refractivity contribution >= 4 is 11.6 Å². The lowest BCUT2D eigenvalue weighted by Gasteiger charge is -2.11. The molecule has 0 saturated carbocycles. The van der Waals surface area contributed by atoms with Crippen molar-refractivity contribution in [3.05, 3.63) is 57.4 Å². The van der Waals surface area contributed by atoms with E-state index >= 15 is 0 Å². The molecule has 1 heterocycles. The molecular formula is C16H20N4O4. The summed E-state index contributed by atoms with van der Waals surface area (Å²) >= 11 is 0. The molecule has 1 amide bonds. The monoisotopic (exact) mass is 332 g/mol. The van der Waals surface area contributed by atoms with Crippen LogP contribution in [0.1, 0.15) is 47.6 Å². The summed E-state index contributed by atoms with van der Waals surface area (Å²) < 4.78 is 0. The topological polar surface area (TPSA) is 121 Å². The molecule has 0 aliphatic rings. The molecule has 24 heavy (non-hydrogen) atoms. The number of aryl methyl sites for hydroxylation is 1. The Morgan fingerprint density at radius 1 is 1.42 bits per heavy atom. The lowest BCUT2D eigenvalue weighted by atomic mass is 10.1. The van der Waals surface area contributed by atoms with Crippen molar-refractivity contribution in [2.45, 2.75) is 32.3 Å². The van der Waals surface area contributed by atoms with Crippen molar-refractivity contribution in [3.63, 3.8) is 0 Å². The van der Waals surface area contributed by atoms with Gasteiger partial charge in [0, 0.05) is 6.54 Å². The zero-order valence-electron chi connectivity index (χ0n) is 13.4. The van der Waals surface area contributed by atoms with Crippen LogP contribution in [-0.4, -0.2) is 32.7 Å². The number of H-pyrrole nitrogens is 1. The van der Waals surface area contributed by atoms with Crippen molar-refractivity contribution < 1.29 is 14.8 Å². The molecule has 0 fully saturated rings. The Bertz CT molecular complexity index is 699. The summed E-state index contributed by atoms with van der Waals surface area (Å²) in [5.74, 6) is -0.624. The van der Waals surface area contributed by atoms with Crippen LogP contribution in [0.2, 0.25) is 0 Å². The van der Waals surface area contributed by atoms with Crippen molar-refractivity contribution in [1.82, 2.24) is 15.5 Å². The van der Waals surface area contributed by atoms with Gasteiger partial charge in [-0.25, -0.2) is 0 Å². The molecule has 1 aromatic carbocycles. The highest BCUT2D eigenvalue weighted by Gasteiger charge is 2.28. The molecule has 1 aromatic heterocycles. The van der Waals surface area contributed by atoms with Crippen LogP contribution in [0.15, 0.2) is 30.3 Å². The number of nitrogens with zero attached hydrogens (tertiary/aromatic N) is 2. The second-order valence-electron chi connectivity index (χ2n) is 5.38. The van der Waals surface area contributed by atoms with Crippen molar-refractivity contribution in [2.75, 3.05) is 6.54 Å². The SMILES string of the molecule is CCCc1[nH]nc(C(=O)NCC[C@H](O)c2ccccc2)c1[N+](=O)[O-]. The Morgan fingerprint density at radius 3 is 2.75 bits per heavy atom. The van der Waals surface area contributed by atoms with Gasteiger partial charge in [-0.3, -0.25) is 20.0 Å². The number of nitro groups is 1. The third-order valence-corrected chi connectivity index (χ3v) is 3.60. The van der Waals surface area contributed by atoms with Gasteiger partial charge in [-0.15, -0.1) is 0 Å². The lowest BCUT2D eigenvalue weighted by Crippen LogP contribution is -2.26. The number of rotatable bonds is 8. The molecular weight excluding hydrogens is 312 g/mol. The quantitative estimate of drug-likeness (QED) is 0.505. The van der Waals surface area contributed by atoms with Crippen LogP contribution >= 0.6 is 0 Å². The minimum atomic E-state index is -0.712. The van der Waals surface area contributed by atoms with E-state index in [2.05, 4.69) is 15.5 Å². The average molecular weight is 332 g/mol. The summed E-state index contributed by atoms with van der Waals surface area (Å²) in [5.41, 5.74) is 0.593. The maximum absolute atomic E-state index is 12.1. The van der Waals surface area contributed by atoms with E-state index in [0.717, 1.165) is 5.56 Å². The fraction of sp³-hybridized carbons (Fsp3) is 0.375. The molecule has 0 radical (unpaired) electrons. The summed E-state index contributed by atoms with van der Waals surface area (Å²) in [6, 6.07) is 9.08. The second-order valence-corrected chi connectivity index (χ2v) is 5.38. The summed E-state index contributed by atoms with van der Waals surface area (Å²) in [6.07, 6.45) is 0.739. The normalized spacial score (nSPS) is 11.9. The van der Waals surface area contributed by atoms with Crippen molar-refractivity contribution in [2.24, 2.45) is 0 Å². The number of amides is 1. The number of hydrogen-bond acceptors (Lipinski definition) is 5. The molecule has 0 aliphatic carbocycles. The van der Waals surface area contributed by atoms with E-state index in [4.69, 9.17) is 0 Å². The first-order chi connectivity index (χ1) is 11.5. The molecule has 0 unspecified atom stereocenters. The molecule has 0 spiro atoms. The minimum absolute atomic E-state index is 0.183. The van der Waals surface area contributed by atoms with E-state index < -0.39 is 16.9 Å². The third-order valence-electron chi connectivity index (χ3n) is 3.60. The minimum Gasteiger partial charge on any atom is -0.388 e. The van der Waals surface area contributed by atoms with E-state index in [1.165, 1.54) is 0 Å². The molecule has 2 rings (SSSR count). The Balaban J connectivity index is 1.97. The number of aromatic amines is 1. The Kier molecular flexibility index (Phi) is 6.02. The largest absolute Gasteiger partial charge is 0.388 e. The van der Waals surface area contributed by atoms with Gasteiger partial charge in [-0.2, -0.15) is 5.10 Å². The number of carbonyl (C=O) groups excluding carboxylic acids is 1. The van der Waals surface area contributed by atoms with E-state index in [1.807, 2.05) is 25.1 Å². The Labute approximate surface area is 139 Å². The second kappa shape index (κ2) is 8.21. The standard InChI is InChI=1S/C16H20N4O4/c1-2-6-12-15(20(23)24)14(19-18-12)16(22)17-10-9-13(21)11-7-4-3-5-8-11/h3-5,7-8,13,21H,2,6,9-10H2,1H3,(H,17,22)(H,18,19)/t13-/m0/s1. The van der Waals surface area contributed by atoms with Crippen LogP contribution < -0.4 is 5.32 Å². The fourth-order valence-electron chi connectivity index (χ4n) is 2.40. The third kappa shape index (κ3) is 4.17. The van der Waals surface area contributed by atoms with E-state index in [-0.39, 0.29) is 17.9 Å². The van der Waals surface area contributed by atoms with Crippen molar-refractivity contribution in [3.8, 4) is 0 Å². The van der Waals surface area contributed by atoms with E-state index in [1.54, 1.807) is 12.1 Å². The summed E-state index contributed by atoms with van der Waals surface area (Å²) in [5, 5.41) is 30.1. The molecule has 0 saturated heterocycles. The molecule has 0 bridgehead atoms. The predicted molar refractivity (Wildman–Crippen MR) is 87.6 cm³/mol. The molecule has 128 valence electrons. The highest BCUT2D eigenvalue weighted by Crippen LogP contribution is 2.22. The number of carbonyl (C=O) groups is 1. The van der Waals surface area contributed by atoms with Gasteiger partial charge < -0.3 is 10.4 Å². The van der Waals surface area contributed by atoms with Crippen LogP contribution in [0, 0.1) is 10.1 Å². The van der Waals surface area contributed by atoms with E-state index in [0.29, 0.717) is 25.0 Å². The molecule has 8 nitrogen and oxygen atoms in total. The Hall–Kier alpha value is -2.74. The van der Waals surface area contributed by atoms with Gasteiger partial charge in [-0.05, 0) is 18.4 Å². The fourth-order valence-corrected chi connectivity index (χ4v) is 2.40. The van der Waals surface area contributed by atoms with Gasteiger partial charge in [-0.1, -0.05) is 43.7 Å². The van der Waals surface area contributed by atoms with Crippen LogP contribution in [0.5, 0.6) is 0 Å². The molecule has 2 aromatic rings. The Morgan fingerprint density at radius 2 is 2.12 bits per heavy atom. The number of aromatic nitrogens is 2. The first-order valence-corrected chi connectivity index (χ1v) is 7.77. The van der Waals surface area contributed by atoms with Crippen LogP contribution in [0.25, 0.3) is 0 Å².